The Bertz CT molecular complexity index is 703. The second-order valence-corrected chi connectivity index (χ2v) is 5.49. The number of hydrogen-bond donors (Lipinski definition) is 1. The van der Waals surface area contributed by atoms with Crippen molar-refractivity contribution in [2.45, 2.75) is 0 Å². The van der Waals surface area contributed by atoms with Crippen molar-refractivity contribution in [3.05, 3.63) is 27.1 Å². The van der Waals surface area contributed by atoms with Gasteiger partial charge in [-0.3, -0.25) is 4.79 Å². The van der Waals surface area contributed by atoms with E-state index in [1.807, 2.05) is 0 Å². The first-order valence-electron chi connectivity index (χ1n) is 6.59. The van der Waals surface area contributed by atoms with Gasteiger partial charge in [-0.1, -0.05) is 25.7 Å². The molecule has 0 saturated carbocycles. The summed E-state index contributed by atoms with van der Waals surface area (Å²) in [5.74, 6) is -0.238. The molecular formula is C13H17BrN3O5+. The summed E-state index contributed by atoms with van der Waals surface area (Å²) in [7, 11) is 3.14. The summed E-state index contributed by atoms with van der Waals surface area (Å²) in [6.45, 7) is 1.65. The van der Waals surface area contributed by atoms with Crippen LogP contribution in [0.5, 0.6) is 0 Å². The lowest BCUT2D eigenvalue weighted by Gasteiger charge is -2.21. The predicted molar refractivity (Wildman–Crippen MR) is 81.3 cm³/mol. The first kappa shape index (κ1) is 16.7. The van der Waals surface area contributed by atoms with Crippen LogP contribution in [0.15, 0.2) is 21.2 Å². The summed E-state index contributed by atoms with van der Waals surface area (Å²) < 4.78 is 15.7. The van der Waals surface area contributed by atoms with Crippen molar-refractivity contribution in [1.29, 1.82) is 0 Å². The minimum absolute atomic E-state index is 0.238. The lowest BCUT2D eigenvalue weighted by atomic mass is 10.1. The number of fused-ring (bicyclic) bond motifs is 1. The Morgan fingerprint density at radius 3 is 2.55 bits per heavy atom. The summed E-state index contributed by atoms with van der Waals surface area (Å²) in [4.78, 5) is 25.9. The first-order chi connectivity index (χ1) is 10.6. The number of carbonyl (C=O) groups is 1. The maximum Gasteiger partial charge on any atom is 0.274 e. The molecule has 0 aliphatic carbocycles. The zero-order valence-corrected chi connectivity index (χ0v) is 13.9. The number of halogens is 1. The van der Waals surface area contributed by atoms with Crippen LogP contribution < -0.4 is 4.60 Å². The van der Waals surface area contributed by atoms with Crippen molar-refractivity contribution >= 4 is 32.9 Å². The molecule has 0 radical (unpaired) electrons. The largest absolute Gasteiger partial charge is 0.383 e. The summed E-state index contributed by atoms with van der Waals surface area (Å²) in [6.07, 6.45) is 0. The molecular weight excluding hydrogens is 358 g/mol. The number of aromatic amines is 1. The fraction of sp³-hybridized carbons (Fsp3) is 0.462. The van der Waals surface area contributed by atoms with Crippen LogP contribution in [0.25, 0.3) is 11.0 Å². The second kappa shape index (κ2) is 7.52. The van der Waals surface area contributed by atoms with Crippen molar-refractivity contribution in [1.82, 2.24) is 10.1 Å². The van der Waals surface area contributed by atoms with Crippen LogP contribution in [-0.4, -0.2) is 56.5 Å². The topological polar surface area (TPSA) is 90.7 Å². The first-order valence-corrected chi connectivity index (χ1v) is 7.38. The molecule has 0 unspecified atom stereocenters. The van der Waals surface area contributed by atoms with Gasteiger partial charge in [-0.25, -0.2) is 0 Å². The Balaban J connectivity index is 2.38. The molecule has 0 atom stereocenters. The van der Waals surface area contributed by atoms with Crippen molar-refractivity contribution < 1.29 is 23.5 Å². The molecule has 1 aromatic heterocycles. The monoisotopic (exact) mass is 374 g/mol. The highest BCUT2D eigenvalue weighted by Crippen LogP contribution is 2.22. The lowest BCUT2D eigenvalue weighted by molar-refractivity contribution is -0.692. The van der Waals surface area contributed by atoms with E-state index in [1.54, 1.807) is 31.3 Å². The molecule has 9 heteroatoms. The van der Waals surface area contributed by atoms with Gasteiger partial charge in [0.15, 0.2) is 4.60 Å². The molecule has 1 aromatic carbocycles. The van der Waals surface area contributed by atoms with Crippen molar-refractivity contribution in [3.63, 3.8) is 0 Å². The Hall–Kier alpha value is -1.71. The van der Waals surface area contributed by atoms with Crippen LogP contribution in [0.2, 0.25) is 0 Å². The van der Waals surface area contributed by atoms with E-state index in [-0.39, 0.29) is 11.4 Å². The van der Waals surface area contributed by atoms with E-state index in [0.717, 1.165) is 0 Å². The van der Waals surface area contributed by atoms with E-state index in [1.165, 1.54) is 0 Å². The van der Waals surface area contributed by atoms with Crippen LogP contribution in [0.3, 0.4) is 0 Å². The van der Waals surface area contributed by atoms with Gasteiger partial charge in [-0.05, 0) is 11.0 Å². The zero-order chi connectivity index (χ0) is 16.1. The average Bonchev–Trinajstić information content (AvgIpc) is 2.87. The van der Waals surface area contributed by atoms with E-state index >= 15 is 0 Å². The van der Waals surface area contributed by atoms with E-state index in [9.17, 15) is 9.70 Å². The Labute approximate surface area is 134 Å². The number of rotatable bonds is 7. The summed E-state index contributed by atoms with van der Waals surface area (Å²) >= 11 is 3.30. The Kier molecular flexibility index (Phi) is 5.69. The maximum absolute atomic E-state index is 12.8. The SMILES string of the molecule is COCCN(CCOC)C(=O)c1cc(Br)cc2c1[nH]o[n+]2=O. The fourth-order valence-corrected chi connectivity index (χ4v) is 2.48. The van der Waals surface area contributed by atoms with Crippen LogP contribution in [0, 0.1) is 4.91 Å². The quantitative estimate of drug-likeness (QED) is 0.785. The van der Waals surface area contributed by atoms with Gasteiger partial charge in [-0.15, -0.1) is 0 Å². The zero-order valence-electron chi connectivity index (χ0n) is 12.3. The lowest BCUT2D eigenvalue weighted by Crippen LogP contribution is -2.36. The Morgan fingerprint density at radius 1 is 1.32 bits per heavy atom. The van der Waals surface area contributed by atoms with Crippen molar-refractivity contribution in [2.75, 3.05) is 40.5 Å². The fourth-order valence-electron chi connectivity index (χ4n) is 2.04. The van der Waals surface area contributed by atoms with Crippen LogP contribution >= 0.6 is 15.9 Å². The van der Waals surface area contributed by atoms with Gasteiger partial charge in [0.05, 0.1) is 18.8 Å². The molecule has 0 aliphatic rings. The van der Waals surface area contributed by atoms with Gasteiger partial charge in [0, 0.05) is 37.8 Å². The maximum atomic E-state index is 12.8. The molecule has 2 rings (SSSR count). The molecule has 0 aliphatic heterocycles. The number of carbonyl (C=O) groups excluding carboxylic acids is 1. The van der Waals surface area contributed by atoms with Gasteiger partial charge in [-0.2, -0.15) is 0 Å². The highest BCUT2D eigenvalue weighted by Gasteiger charge is 2.25. The molecule has 1 heterocycles. The van der Waals surface area contributed by atoms with Crippen LogP contribution in [-0.2, 0) is 9.47 Å². The van der Waals surface area contributed by atoms with Gasteiger partial charge >= 0.3 is 0 Å². The molecule has 22 heavy (non-hydrogen) atoms. The number of H-pyrrole nitrogens is 1. The third kappa shape index (κ3) is 3.54. The number of methoxy groups -OCH3 is 2. The Morgan fingerprint density at radius 2 is 1.95 bits per heavy atom. The van der Waals surface area contributed by atoms with Crippen molar-refractivity contribution in [2.24, 2.45) is 0 Å². The van der Waals surface area contributed by atoms with Crippen LogP contribution in [0.1, 0.15) is 10.4 Å². The molecule has 1 N–H and O–H groups in total. The van der Waals surface area contributed by atoms with Crippen LogP contribution in [0.4, 0.5) is 0 Å². The normalized spacial score (nSPS) is 11.0. The van der Waals surface area contributed by atoms with Crippen molar-refractivity contribution in [3.8, 4) is 0 Å². The van der Waals surface area contributed by atoms with Gasteiger partial charge in [0.1, 0.15) is 0 Å². The summed E-state index contributed by atoms with van der Waals surface area (Å²) in [6, 6.07) is 3.22. The number of ether oxygens (including phenoxy) is 2. The average molecular weight is 375 g/mol. The van der Waals surface area contributed by atoms with Gasteiger partial charge in [0.25, 0.3) is 11.4 Å². The standard InChI is InChI=1S/C13H16BrN3O5/c1-20-5-3-16(4-6-21-2)13(18)10-7-9(14)8-11-12(10)15-22-17(11)19/h7-8H,3-6H2,1-2H3/p+1. The van der Waals surface area contributed by atoms with E-state index in [0.29, 0.717) is 46.5 Å². The molecule has 0 spiro atoms. The third-order valence-corrected chi connectivity index (χ3v) is 3.62. The number of nitrogens with one attached hydrogen (secondary N) is 1. The minimum atomic E-state index is -0.238. The number of hydrogen-bond acceptors (Lipinski definition) is 5. The van der Waals surface area contributed by atoms with E-state index in [2.05, 4.69) is 21.1 Å². The van der Waals surface area contributed by atoms with E-state index in [4.69, 9.17) is 14.1 Å². The molecule has 1 amide bonds. The highest BCUT2D eigenvalue weighted by molar-refractivity contribution is 9.10. The van der Waals surface area contributed by atoms with Gasteiger partial charge in [0.2, 0.25) is 5.52 Å². The number of benzene rings is 1. The molecule has 120 valence electrons. The number of nitrogens with zero attached hydrogens (tertiary/aromatic N) is 2. The number of aromatic nitrogens is 2. The van der Waals surface area contributed by atoms with E-state index < -0.39 is 0 Å². The third-order valence-electron chi connectivity index (χ3n) is 3.16. The molecule has 0 saturated heterocycles. The molecule has 8 nitrogen and oxygen atoms in total. The molecule has 2 aromatic rings. The highest BCUT2D eigenvalue weighted by atomic mass is 79.9. The molecule has 0 bridgehead atoms. The second-order valence-electron chi connectivity index (χ2n) is 4.58. The predicted octanol–water partition coefficient (Wildman–Crippen LogP) is 1.17. The summed E-state index contributed by atoms with van der Waals surface area (Å²) in [5, 5.41) is 2.48. The number of amides is 1. The minimum Gasteiger partial charge on any atom is -0.383 e. The summed E-state index contributed by atoms with van der Waals surface area (Å²) in [5.41, 5.74) is 0.939. The smallest absolute Gasteiger partial charge is 0.274 e. The molecule has 0 fully saturated rings. The van der Waals surface area contributed by atoms with Gasteiger partial charge < -0.3 is 14.4 Å².